The molecule has 0 radical (unpaired) electrons. The van der Waals surface area contributed by atoms with Crippen LogP contribution in [0.25, 0.3) is 0 Å². The summed E-state index contributed by atoms with van der Waals surface area (Å²) in [6.07, 6.45) is 0. The first-order chi connectivity index (χ1) is 13.0. The van der Waals surface area contributed by atoms with Gasteiger partial charge in [0.2, 0.25) is 0 Å². The Labute approximate surface area is 202 Å². The Morgan fingerprint density at radius 2 is 0.806 bits per heavy atom. The number of halogens is 4. The minimum absolute atomic E-state index is 0. The molecular formula is C21H38F4O5Zr. The number of ether oxygens (including phenoxy) is 1. The first-order valence-corrected chi connectivity index (χ1v) is 9.15. The monoisotopic (exact) mass is 536 g/mol. The van der Waals surface area contributed by atoms with E-state index in [-0.39, 0.29) is 26.2 Å². The average Bonchev–Trinajstić information content (AvgIpc) is 2.45. The Morgan fingerprint density at radius 3 is 0.968 bits per heavy atom. The van der Waals surface area contributed by atoms with E-state index in [9.17, 15) is 17.6 Å². The van der Waals surface area contributed by atoms with Crippen molar-refractivity contribution in [2.75, 3.05) is 7.11 Å². The van der Waals surface area contributed by atoms with E-state index < -0.39 is 64.4 Å². The summed E-state index contributed by atoms with van der Waals surface area (Å²) < 4.78 is 56.7. The fraction of sp³-hybridized carbons (Fsp3) is 0.714. The van der Waals surface area contributed by atoms with Crippen LogP contribution in [-0.2, 0) is 44.2 Å². The molecule has 0 heterocycles. The predicted octanol–water partition coefficient (Wildman–Crippen LogP) is 4.21. The molecule has 0 bridgehead atoms. The standard InChI is InChI=1S/C9H8F4O2.3C4H10O.Zr/c1-15-3-5-8(12)6(10)4(2-14)7(11)9(5)13;3*1-4(2,3)5;/h14H,2-3H2,1H3;3*5H,1-3H3;. The zero-order chi connectivity index (χ0) is 25.1. The fourth-order valence-electron chi connectivity index (χ4n) is 1.13. The van der Waals surface area contributed by atoms with Gasteiger partial charge in [0.1, 0.15) is 0 Å². The van der Waals surface area contributed by atoms with Crippen molar-refractivity contribution in [3.63, 3.8) is 0 Å². The maximum atomic E-state index is 13.1. The summed E-state index contributed by atoms with van der Waals surface area (Å²) in [7, 11) is 1.13. The Kier molecular flexibility index (Phi) is 19.9. The van der Waals surface area contributed by atoms with Crippen LogP contribution >= 0.6 is 0 Å². The molecule has 0 aliphatic rings. The van der Waals surface area contributed by atoms with Gasteiger partial charge in [0.15, 0.2) is 23.3 Å². The Morgan fingerprint density at radius 1 is 0.613 bits per heavy atom. The SMILES string of the molecule is CC(C)(C)O.CC(C)(C)O.CC(C)(C)O.COCc1c(F)c(F)c(CO)c(F)c1F.[Zr]. The Hall–Kier alpha value is -0.377. The second-order valence-corrected chi connectivity index (χ2v) is 9.32. The van der Waals surface area contributed by atoms with E-state index in [4.69, 9.17) is 20.4 Å². The van der Waals surface area contributed by atoms with Crippen LogP contribution in [0.3, 0.4) is 0 Å². The van der Waals surface area contributed by atoms with Gasteiger partial charge in [-0.2, -0.15) is 0 Å². The van der Waals surface area contributed by atoms with Crippen molar-refractivity contribution in [3.05, 3.63) is 34.4 Å². The van der Waals surface area contributed by atoms with Crippen LogP contribution in [0.4, 0.5) is 17.6 Å². The number of benzene rings is 1. The van der Waals surface area contributed by atoms with Crippen LogP contribution in [-0.4, -0.2) is 44.3 Å². The van der Waals surface area contributed by atoms with E-state index in [0.29, 0.717) is 0 Å². The van der Waals surface area contributed by atoms with Gasteiger partial charge in [-0.15, -0.1) is 0 Å². The molecule has 1 aromatic carbocycles. The molecular weight excluding hydrogens is 499 g/mol. The third kappa shape index (κ3) is 27.6. The van der Waals surface area contributed by atoms with Crippen LogP contribution in [0.1, 0.15) is 73.4 Å². The van der Waals surface area contributed by atoms with E-state index in [2.05, 4.69) is 4.74 Å². The van der Waals surface area contributed by atoms with Crippen LogP contribution in [0.5, 0.6) is 0 Å². The van der Waals surface area contributed by atoms with Crippen LogP contribution < -0.4 is 0 Å². The minimum Gasteiger partial charge on any atom is -0.391 e. The molecule has 184 valence electrons. The Bertz CT molecular complexity index is 547. The number of aliphatic hydroxyl groups is 4. The third-order valence-corrected chi connectivity index (χ3v) is 1.89. The number of aliphatic hydroxyl groups excluding tert-OH is 1. The van der Waals surface area contributed by atoms with Crippen molar-refractivity contribution in [1.29, 1.82) is 0 Å². The van der Waals surface area contributed by atoms with Crippen LogP contribution in [0.2, 0.25) is 0 Å². The second-order valence-electron chi connectivity index (χ2n) is 9.32. The molecule has 0 atom stereocenters. The van der Waals surface area contributed by atoms with Crippen LogP contribution in [0, 0.1) is 23.3 Å². The number of hydrogen-bond acceptors (Lipinski definition) is 5. The van der Waals surface area contributed by atoms with Crippen molar-refractivity contribution in [2.24, 2.45) is 0 Å². The van der Waals surface area contributed by atoms with Gasteiger partial charge in [0, 0.05) is 33.3 Å². The summed E-state index contributed by atoms with van der Waals surface area (Å²) >= 11 is 0. The normalized spacial score (nSPS) is 11.0. The Balaban J connectivity index is -0.000000189. The van der Waals surface area contributed by atoms with Crippen molar-refractivity contribution in [2.45, 2.75) is 92.3 Å². The summed E-state index contributed by atoms with van der Waals surface area (Å²) in [5, 5.41) is 34.1. The molecule has 0 aliphatic carbocycles. The van der Waals surface area contributed by atoms with Crippen molar-refractivity contribution in [3.8, 4) is 0 Å². The summed E-state index contributed by atoms with van der Waals surface area (Å²) in [6, 6.07) is 0. The zero-order valence-electron chi connectivity index (χ0n) is 20.1. The largest absolute Gasteiger partial charge is 0.391 e. The molecule has 1 rings (SSSR count). The van der Waals surface area contributed by atoms with Gasteiger partial charge < -0.3 is 25.2 Å². The predicted molar refractivity (Wildman–Crippen MR) is 109 cm³/mol. The van der Waals surface area contributed by atoms with Crippen LogP contribution in [0.15, 0.2) is 0 Å². The van der Waals surface area contributed by atoms with E-state index in [1.54, 1.807) is 62.3 Å². The molecule has 0 saturated carbocycles. The number of rotatable bonds is 3. The van der Waals surface area contributed by atoms with Gasteiger partial charge in [-0.05, 0) is 62.3 Å². The number of hydrogen-bond donors (Lipinski definition) is 4. The van der Waals surface area contributed by atoms with E-state index in [1.165, 1.54) is 0 Å². The molecule has 0 spiro atoms. The smallest absolute Gasteiger partial charge is 0.167 e. The molecule has 0 fully saturated rings. The van der Waals surface area contributed by atoms with E-state index >= 15 is 0 Å². The van der Waals surface area contributed by atoms with E-state index in [1.807, 2.05) is 0 Å². The number of methoxy groups -OCH3 is 1. The topological polar surface area (TPSA) is 90.2 Å². The summed E-state index contributed by atoms with van der Waals surface area (Å²) in [5.41, 5.74) is -3.35. The summed E-state index contributed by atoms with van der Waals surface area (Å²) in [4.78, 5) is 0. The molecule has 31 heavy (non-hydrogen) atoms. The first-order valence-electron chi connectivity index (χ1n) is 9.15. The fourth-order valence-corrected chi connectivity index (χ4v) is 1.13. The summed E-state index contributed by atoms with van der Waals surface area (Å²) in [5.74, 6) is -6.27. The first kappa shape index (κ1) is 37.9. The quantitative estimate of drug-likeness (QED) is 0.343. The molecule has 0 unspecified atom stereocenters. The van der Waals surface area contributed by atoms with Crippen molar-refractivity contribution in [1.82, 2.24) is 0 Å². The second kappa shape index (κ2) is 16.3. The van der Waals surface area contributed by atoms with Gasteiger partial charge in [-0.25, -0.2) is 17.6 Å². The molecule has 0 aliphatic heterocycles. The van der Waals surface area contributed by atoms with Gasteiger partial charge >= 0.3 is 0 Å². The molecule has 1 aromatic rings. The molecule has 0 saturated heterocycles. The molecule has 0 aromatic heterocycles. The zero-order valence-corrected chi connectivity index (χ0v) is 22.6. The van der Waals surface area contributed by atoms with Crippen molar-refractivity contribution >= 4 is 0 Å². The van der Waals surface area contributed by atoms with E-state index in [0.717, 1.165) is 7.11 Å². The van der Waals surface area contributed by atoms with Crippen molar-refractivity contribution < 1.29 is 68.9 Å². The maximum Gasteiger partial charge on any atom is 0.167 e. The minimum atomic E-state index is -1.59. The average molecular weight is 538 g/mol. The third-order valence-electron chi connectivity index (χ3n) is 1.89. The van der Waals surface area contributed by atoms with Gasteiger partial charge in [0.05, 0.1) is 41.1 Å². The molecule has 0 amide bonds. The molecule has 5 nitrogen and oxygen atoms in total. The maximum absolute atomic E-state index is 13.1. The summed E-state index contributed by atoms with van der Waals surface area (Å²) in [6.45, 7) is 14.0. The van der Waals surface area contributed by atoms with Gasteiger partial charge in [-0.3, -0.25) is 0 Å². The molecule has 4 N–H and O–H groups in total. The molecule has 10 heteroatoms. The van der Waals surface area contributed by atoms with Gasteiger partial charge in [0.25, 0.3) is 0 Å². The van der Waals surface area contributed by atoms with Gasteiger partial charge in [-0.1, -0.05) is 0 Å².